The van der Waals surface area contributed by atoms with E-state index < -0.39 is 0 Å². The van der Waals surface area contributed by atoms with Gasteiger partial charge < -0.3 is 15.8 Å². The average Bonchev–Trinajstić information content (AvgIpc) is 2.16. The van der Waals surface area contributed by atoms with Gasteiger partial charge in [-0.3, -0.25) is 0 Å². The SMILES string of the molecule is Cc1cc(NCCOCCN)nc(C)n1. The largest absolute Gasteiger partial charge is 0.378 e. The fraction of sp³-hybridized carbons (Fsp3) is 0.600. The van der Waals surface area contributed by atoms with Crippen molar-refractivity contribution in [1.29, 1.82) is 0 Å². The van der Waals surface area contributed by atoms with Crippen LogP contribution in [0, 0.1) is 13.8 Å². The Morgan fingerprint density at radius 3 is 2.80 bits per heavy atom. The first-order valence-electron chi connectivity index (χ1n) is 5.06. The van der Waals surface area contributed by atoms with Crippen LogP contribution in [0.3, 0.4) is 0 Å². The molecule has 0 spiro atoms. The van der Waals surface area contributed by atoms with Gasteiger partial charge >= 0.3 is 0 Å². The minimum absolute atomic E-state index is 0.561. The highest BCUT2D eigenvalue weighted by atomic mass is 16.5. The van der Waals surface area contributed by atoms with Crippen LogP contribution in [-0.2, 0) is 4.74 Å². The van der Waals surface area contributed by atoms with E-state index in [4.69, 9.17) is 10.5 Å². The second-order valence-corrected chi connectivity index (χ2v) is 3.27. The highest BCUT2D eigenvalue weighted by Gasteiger charge is 1.97. The maximum atomic E-state index is 5.30. The Labute approximate surface area is 90.1 Å². The van der Waals surface area contributed by atoms with Gasteiger partial charge in [-0.25, -0.2) is 9.97 Å². The van der Waals surface area contributed by atoms with Crippen molar-refractivity contribution in [3.05, 3.63) is 17.6 Å². The Morgan fingerprint density at radius 2 is 2.13 bits per heavy atom. The van der Waals surface area contributed by atoms with Gasteiger partial charge in [-0.1, -0.05) is 0 Å². The number of nitrogens with zero attached hydrogens (tertiary/aromatic N) is 2. The van der Waals surface area contributed by atoms with Gasteiger partial charge in [-0.05, 0) is 13.8 Å². The van der Waals surface area contributed by atoms with Crippen LogP contribution in [0.25, 0.3) is 0 Å². The van der Waals surface area contributed by atoms with E-state index in [-0.39, 0.29) is 0 Å². The summed E-state index contributed by atoms with van der Waals surface area (Å²) in [5.41, 5.74) is 6.26. The Bertz CT molecular complexity index is 283. The zero-order valence-electron chi connectivity index (χ0n) is 9.29. The van der Waals surface area contributed by atoms with E-state index in [2.05, 4.69) is 15.3 Å². The first-order chi connectivity index (χ1) is 7.22. The zero-order valence-corrected chi connectivity index (χ0v) is 9.29. The van der Waals surface area contributed by atoms with Gasteiger partial charge in [-0.2, -0.15) is 0 Å². The first kappa shape index (κ1) is 11.9. The molecule has 0 atom stereocenters. The van der Waals surface area contributed by atoms with E-state index in [1.165, 1.54) is 0 Å². The molecule has 15 heavy (non-hydrogen) atoms. The normalized spacial score (nSPS) is 10.3. The summed E-state index contributed by atoms with van der Waals surface area (Å²) < 4.78 is 5.23. The molecule has 0 bridgehead atoms. The zero-order chi connectivity index (χ0) is 11.1. The third kappa shape index (κ3) is 4.71. The number of anilines is 1. The minimum atomic E-state index is 0.561. The predicted octanol–water partition coefficient (Wildman–Crippen LogP) is 0.481. The van der Waals surface area contributed by atoms with E-state index in [1.54, 1.807) is 0 Å². The van der Waals surface area contributed by atoms with Gasteiger partial charge in [-0.15, -0.1) is 0 Å². The van der Waals surface area contributed by atoms with Gasteiger partial charge in [0.25, 0.3) is 0 Å². The maximum absolute atomic E-state index is 5.30. The molecule has 3 N–H and O–H groups in total. The van der Waals surface area contributed by atoms with Crippen LogP contribution in [0.1, 0.15) is 11.5 Å². The molecule has 0 aliphatic rings. The molecule has 0 radical (unpaired) electrons. The monoisotopic (exact) mass is 210 g/mol. The van der Waals surface area contributed by atoms with Gasteiger partial charge in [0.05, 0.1) is 13.2 Å². The average molecular weight is 210 g/mol. The molecule has 0 saturated carbocycles. The lowest BCUT2D eigenvalue weighted by Crippen LogP contribution is -2.15. The summed E-state index contributed by atoms with van der Waals surface area (Å²) in [6.45, 7) is 6.36. The number of nitrogens with two attached hydrogens (primary N) is 1. The van der Waals surface area contributed by atoms with E-state index in [1.807, 2.05) is 19.9 Å². The van der Waals surface area contributed by atoms with E-state index in [0.717, 1.165) is 23.9 Å². The molecule has 5 heteroatoms. The van der Waals surface area contributed by atoms with Crippen LogP contribution in [0.15, 0.2) is 6.07 Å². The van der Waals surface area contributed by atoms with Gasteiger partial charge in [0.15, 0.2) is 0 Å². The van der Waals surface area contributed by atoms with Crippen molar-refractivity contribution in [3.63, 3.8) is 0 Å². The molecule has 0 aliphatic heterocycles. The lowest BCUT2D eigenvalue weighted by molar-refractivity contribution is 0.151. The molecular formula is C10H18N4O. The molecule has 0 aliphatic carbocycles. The van der Waals surface area contributed by atoms with Crippen molar-refractivity contribution >= 4 is 5.82 Å². The molecule has 0 saturated heterocycles. The topological polar surface area (TPSA) is 73.1 Å². The summed E-state index contributed by atoms with van der Waals surface area (Å²) in [5, 5.41) is 3.17. The summed E-state index contributed by atoms with van der Waals surface area (Å²) in [4.78, 5) is 8.44. The number of aromatic nitrogens is 2. The number of ether oxygens (including phenoxy) is 1. The van der Waals surface area contributed by atoms with Gasteiger partial charge in [0, 0.05) is 24.8 Å². The smallest absolute Gasteiger partial charge is 0.129 e. The van der Waals surface area contributed by atoms with Crippen molar-refractivity contribution in [3.8, 4) is 0 Å². The van der Waals surface area contributed by atoms with E-state index in [0.29, 0.717) is 19.8 Å². The van der Waals surface area contributed by atoms with Gasteiger partial charge in [0.2, 0.25) is 0 Å². The lowest BCUT2D eigenvalue weighted by atomic mass is 10.4. The summed E-state index contributed by atoms with van der Waals surface area (Å²) >= 11 is 0. The number of nitrogens with one attached hydrogen (secondary N) is 1. The molecule has 0 amide bonds. The third-order valence-electron chi connectivity index (χ3n) is 1.78. The number of aryl methyl sites for hydroxylation is 2. The summed E-state index contributed by atoms with van der Waals surface area (Å²) in [6.07, 6.45) is 0. The molecule has 1 aromatic rings. The fourth-order valence-corrected chi connectivity index (χ4v) is 1.24. The molecule has 1 heterocycles. The van der Waals surface area contributed by atoms with Crippen molar-refractivity contribution in [2.24, 2.45) is 5.73 Å². The van der Waals surface area contributed by atoms with Crippen LogP contribution in [0.4, 0.5) is 5.82 Å². The highest BCUT2D eigenvalue weighted by molar-refractivity contribution is 5.35. The second kappa shape index (κ2) is 6.31. The summed E-state index contributed by atoms with van der Waals surface area (Å²) in [5.74, 6) is 1.62. The van der Waals surface area contributed by atoms with E-state index >= 15 is 0 Å². The van der Waals surface area contributed by atoms with Crippen LogP contribution in [-0.4, -0.2) is 36.3 Å². The third-order valence-corrected chi connectivity index (χ3v) is 1.78. The molecule has 0 unspecified atom stereocenters. The maximum Gasteiger partial charge on any atom is 0.129 e. The molecule has 0 aromatic carbocycles. The van der Waals surface area contributed by atoms with Crippen molar-refractivity contribution < 1.29 is 4.74 Å². The Hall–Kier alpha value is -1.20. The number of rotatable bonds is 6. The van der Waals surface area contributed by atoms with Crippen LogP contribution in [0.5, 0.6) is 0 Å². The standard InChI is InChI=1S/C10H18N4O/c1-8-7-10(14-9(2)13-8)12-4-6-15-5-3-11/h7H,3-6,11H2,1-2H3,(H,12,13,14). The van der Waals surface area contributed by atoms with Gasteiger partial charge in [0.1, 0.15) is 11.6 Å². The fourth-order valence-electron chi connectivity index (χ4n) is 1.24. The van der Waals surface area contributed by atoms with E-state index in [9.17, 15) is 0 Å². The Balaban J connectivity index is 2.31. The molecule has 5 nitrogen and oxygen atoms in total. The van der Waals surface area contributed by atoms with Crippen LogP contribution >= 0.6 is 0 Å². The Morgan fingerprint density at radius 1 is 1.33 bits per heavy atom. The second-order valence-electron chi connectivity index (χ2n) is 3.27. The van der Waals surface area contributed by atoms with Crippen molar-refractivity contribution in [1.82, 2.24) is 9.97 Å². The Kier molecular flexibility index (Phi) is 5.00. The quantitative estimate of drug-likeness (QED) is 0.668. The molecule has 1 rings (SSSR count). The highest BCUT2D eigenvalue weighted by Crippen LogP contribution is 2.04. The lowest BCUT2D eigenvalue weighted by Gasteiger charge is -2.07. The number of hydrogen-bond acceptors (Lipinski definition) is 5. The molecule has 84 valence electrons. The minimum Gasteiger partial charge on any atom is -0.378 e. The molecular weight excluding hydrogens is 192 g/mol. The summed E-state index contributed by atoms with van der Waals surface area (Å²) in [7, 11) is 0. The first-order valence-corrected chi connectivity index (χ1v) is 5.06. The van der Waals surface area contributed by atoms with Crippen molar-refractivity contribution in [2.75, 3.05) is 31.6 Å². The van der Waals surface area contributed by atoms with Crippen LogP contribution in [0.2, 0.25) is 0 Å². The molecule has 1 aromatic heterocycles. The predicted molar refractivity (Wildman–Crippen MR) is 59.9 cm³/mol. The van der Waals surface area contributed by atoms with Crippen LogP contribution < -0.4 is 11.1 Å². The number of hydrogen-bond donors (Lipinski definition) is 2. The van der Waals surface area contributed by atoms with Crippen molar-refractivity contribution in [2.45, 2.75) is 13.8 Å². The summed E-state index contributed by atoms with van der Waals surface area (Å²) in [6, 6.07) is 1.91. The molecule has 0 fully saturated rings.